The summed E-state index contributed by atoms with van der Waals surface area (Å²) in [7, 11) is 0. The highest BCUT2D eigenvalue weighted by Gasteiger charge is 2.16. The van der Waals surface area contributed by atoms with Crippen LogP contribution in [0.4, 0.5) is 4.39 Å². The predicted octanol–water partition coefficient (Wildman–Crippen LogP) is 7.53. The highest BCUT2D eigenvalue weighted by atomic mass is 19.1. The van der Waals surface area contributed by atoms with Crippen LogP contribution in [0.3, 0.4) is 0 Å². The Morgan fingerprint density at radius 2 is 1.67 bits per heavy atom. The van der Waals surface area contributed by atoms with Gasteiger partial charge in [0, 0.05) is 6.42 Å². The minimum absolute atomic E-state index is 0.169. The van der Waals surface area contributed by atoms with Gasteiger partial charge in [0.2, 0.25) is 0 Å². The van der Waals surface area contributed by atoms with Crippen molar-refractivity contribution in [3.8, 4) is 16.9 Å². The van der Waals surface area contributed by atoms with E-state index in [2.05, 4.69) is 24.3 Å². The molecule has 0 bridgehead atoms. The number of aliphatic carboxylic acids is 1. The molecule has 1 aliphatic carbocycles. The fraction of sp³-hybridized carbons (Fsp3) is 0.345. The monoisotopic (exact) mass is 446 g/mol. The second-order valence-corrected chi connectivity index (χ2v) is 8.94. The third-order valence-corrected chi connectivity index (χ3v) is 6.54. The zero-order chi connectivity index (χ0) is 23.0. The first-order valence-electron chi connectivity index (χ1n) is 11.9. The van der Waals surface area contributed by atoms with Gasteiger partial charge in [0.1, 0.15) is 18.2 Å². The fourth-order valence-corrected chi connectivity index (χ4v) is 4.69. The van der Waals surface area contributed by atoms with Gasteiger partial charge in [0.15, 0.2) is 0 Å². The topological polar surface area (TPSA) is 46.5 Å². The fourth-order valence-electron chi connectivity index (χ4n) is 4.69. The van der Waals surface area contributed by atoms with E-state index in [1.165, 1.54) is 43.7 Å². The smallest absolute Gasteiger partial charge is 0.303 e. The number of carboxylic acid groups (broad SMARTS) is 1. The molecular formula is C29H31FO3. The highest BCUT2D eigenvalue weighted by molar-refractivity contribution is 5.68. The quantitative estimate of drug-likeness (QED) is 0.370. The van der Waals surface area contributed by atoms with Crippen molar-refractivity contribution in [1.29, 1.82) is 0 Å². The summed E-state index contributed by atoms with van der Waals surface area (Å²) in [6, 6.07) is 21.3. The summed E-state index contributed by atoms with van der Waals surface area (Å²) in [5, 5.41) is 8.76. The maximum atomic E-state index is 14.0. The van der Waals surface area contributed by atoms with Gasteiger partial charge in [-0.1, -0.05) is 61.7 Å². The van der Waals surface area contributed by atoms with Gasteiger partial charge in [-0.2, -0.15) is 0 Å². The van der Waals surface area contributed by atoms with E-state index in [9.17, 15) is 9.18 Å². The van der Waals surface area contributed by atoms with Crippen LogP contribution in [0.15, 0.2) is 66.7 Å². The molecule has 0 amide bonds. The van der Waals surface area contributed by atoms with Crippen LogP contribution in [0.2, 0.25) is 0 Å². The van der Waals surface area contributed by atoms with Crippen molar-refractivity contribution in [3.05, 3.63) is 89.2 Å². The molecule has 4 rings (SSSR count). The molecule has 0 aliphatic heterocycles. The van der Waals surface area contributed by atoms with E-state index in [0.29, 0.717) is 18.1 Å². The number of halogens is 1. The number of benzene rings is 3. The molecule has 33 heavy (non-hydrogen) atoms. The average Bonchev–Trinajstić information content (AvgIpc) is 2.84. The molecule has 172 valence electrons. The molecule has 0 saturated heterocycles. The van der Waals surface area contributed by atoms with Crippen molar-refractivity contribution in [2.24, 2.45) is 0 Å². The highest BCUT2D eigenvalue weighted by Crippen LogP contribution is 2.34. The summed E-state index contributed by atoms with van der Waals surface area (Å²) in [6.45, 7) is 0.274. The molecular weight excluding hydrogens is 415 g/mol. The minimum Gasteiger partial charge on any atom is -0.489 e. The summed E-state index contributed by atoms with van der Waals surface area (Å²) >= 11 is 0. The Labute approximate surface area is 195 Å². The van der Waals surface area contributed by atoms with E-state index < -0.39 is 5.97 Å². The number of hydrogen-bond acceptors (Lipinski definition) is 2. The molecule has 0 radical (unpaired) electrons. The van der Waals surface area contributed by atoms with Crippen LogP contribution in [-0.4, -0.2) is 11.1 Å². The predicted molar refractivity (Wildman–Crippen MR) is 129 cm³/mol. The van der Waals surface area contributed by atoms with E-state index >= 15 is 0 Å². The summed E-state index contributed by atoms with van der Waals surface area (Å²) in [5.74, 6) is 0.324. The van der Waals surface area contributed by atoms with Gasteiger partial charge >= 0.3 is 5.97 Å². The van der Waals surface area contributed by atoms with Crippen LogP contribution in [0, 0.1) is 5.82 Å². The molecule has 1 N–H and O–H groups in total. The Morgan fingerprint density at radius 1 is 0.939 bits per heavy atom. The van der Waals surface area contributed by atoms with Crippen molar-refractivity contribution in [2.45, 2.75) is 63.9 Å². The van der Waals surface area contributed by atoms with Gasteiger partial charge < -0.3 is 9.84 Å². The molecule has 0 unspecified atom stereocenters. The number of carboxylic acids is 1. The lowest BCUT2D eigenvalue weighted by molar-refractivity contribution is -0.137. The number of carbonyl (C=O) groups is 1. The lowest BCUT2D eigenvalue weighted by Crippen LogP contribution is -2.04. The second kappa shape index (κ2) is 11.1. The van der Waals surface area contributed by atoms with Crippen molar-refractivity contribution < 1.29 is 19.0 Å². The zero-order valence-corrected chi connectivity index (χ0v) is 18.9. The van der Waals surface area contributed by atoms with Gasteiger partial charge in [-0.25, -0.2) is 4.39 Å². The third-order valence-electron chi connectivity index (χ3n) is 6.54. The Kier molecular flexibility index (Phi) is 7.77. The minimum atomic E-state index is -0.774. The average molecular weight is 447 g/mol. The lowest BCUT2D eigenvalue weighted by atomic mass is 9.83. The molecule has 1 aliphatic rings. The molecule has 3 aromatic rings. The Morgan fingerprint density at radius 3 is 2.36 bits per heavy atom. The zero-order valence-electron chi connectivity index (χ0n) is 18.9. The molecule has 0 atom stereocenters. The first-order chi connectivity index (χ1) is 16.1. The van der Waals surface area contributed by atoms with Gasteiger partial charge in [-0.05, 0) is 83.7 Å². The van der Waals surface area contributed by atoms with E-state index in [-0.39, 0.29) is 18.8 Å². The van der Waals surface area contributed by atoms with Crippen LogP contribution >= 0.6 is 0 Å². The molecule has 3 aromatic carbocycles. The Balaban J connectivity index is 1.42. The number of hydrogen-bond donors (Lipinski definition) is 1. The van der Waals surface area contributed by atoms with Gasteiger partial charge in [-0.15, -0.1) is 0 Å². The van der Waals surface area contributed by atoms with Crippen molar-refractivity contribution >= 4 is 5.97 Å². The molecule has 0 aromatic heterocycles. The first kappa shape index (κ1) is 23.0. The van der Waals surface area contributed by atoms with Gasteiger partial charge in [0.05, 0.1) is 0 Å². The summed E-state index contributed by atoms with van der Waals surface area (Å²) in [5.41, 5.74) is 5.35. The van der Waals surface area contributed by atoms with Crippen LogP contribution in [-0.2, 0) is 17.8 Å². The van der Waals surface area contributed by atoms with E-state index in [0.717, 1.165) is 28.7 Å². The van der Waals surface area contributed by atoms with E-state index in [1.54, 1.807) is 6.07 Å². The SMILES string of the molecule is O=C(O)CCCc1ccc(OCc2cc(F)ccc2-c2ccc(C3CCCCC3)cc2)cc1. The van der Waals surface area contributed by atoms with Crippen LogP contribution < -0.4 is 4.74 Å². The van der Waals surface area contributed by atoms with Crippen molar-refractivity contribution in [3.63, 3.8) is 0 Å². The van der Waals surface area contributed by atoms with Crippen LogP contribution in [0.1, 0.15) is 67.6 Å². The Bertz CT molecular complexity index is 1050. The van der Waals surface area contributed by atoms with Crippen LogP contribution in [0.5, 0.6) is 5.75 Å². The molecule has 3 nitrogen and oxygen atoms in total. The third kappa shape index (κ3) is 6.44. The maximum Gasteiger partial charge on any atom is 0.303 e. The van der Waals surface area contributed by atoms with E-state index in [1.807, 2.05) is 30.3 Å². The molecule has 4 heteroatoms. The molecule has 1 saturated carbocycles. The normalized spacial score (nSPS) is 14.2. The van der Waals surface area contributed by atoms with Gasteiger partial charge in [0.25, 0.3) is 0 Å². The molecule has 1 fully saturated rings. The van der Waals surface area contributed by atoms with Crippen molar-refractivity contribution in [1.82, 2.24) is 0 Å². The lowest BCUT2D eigenvalue weighted by Gasteiger charge is -2.22. The standard InChI is InChI=1S/C29H31FO3/c30-26-15-18-28(24-13-11-23(12-14-24)22-6-2-1-3-7-22)25(19-26)20-33-27-16-9-21(10-17-27)5-4-8-29(31)32/h9-19,22H,1-8,20H2,(H,31,32). The first-order valence-corrected chi connectivity index (χ1v) is 11.9. The van der Waals surface area contributed by atoms with Gasteiger partial charge in [-0.3, -0.25) is 4.79 Å². The maximum absolute atomic E-state index is 14.0. The Hall–Kier alpha value is -3.14. The van der Waals surface area contributed by atoms with Crippen LogP contribution in [0.25, 0.3) is 11.1 Å². The number of rotatable bonds is 9. The second-order valence-electron chi connectivity index (χ2n) is 8.94. The number of aryl methyl sites for hydroxylation is 1. The number of ether oxygens (including phenoxy) is 1. The summed E-state index contributed by atoms with van der Waals surface area (Å²) < 4.78 is 20.0. The molecule has 0 spiro atoms. The summed E-state index contributed by atoms with van der Waals surface area (Å²) in [6.07, 6.45) is 8.02. The summed E-state index contributed by atoms with van der Waals surface area (Å²) in [4.78, 5) is 10.7. The molecule has 0 heterocycles. The van der Waals surface area contributed by atoms with E-state index in [4.69, 9.17) is 9.84 Å². The largest absolute Gasteiger partial charge is 0.489 e. The van der Waals surface area contributed by atoms with Crippen molar-refractivity contribution in [2.75, 3.05) is 0 Å².